The van der Waals surface area contributed by atoms with E-state index in [0.717, 1.165) is 116 Å². The summed E-state index contributed by atoms with van der Waals surface area (Å²) in [7, 11) is 0. The summed E-state index contributed by atoms with van der Waals surface area (Å²) >= 11 is 4.61. The van der Waals surface area contributed by atoms with Crippen molar-refractivity contribution in [3.8, 4) is 42.8 Å². The zero-order valence-electron chi connectivity index (χ0n) is 36.8. The lowest BCUT2D eigenvalue weighted by atomic mass is 10.0. The van der Waals surface area contributed by atoms with Gasteiger partial charge in [-0.3, -0.25) is 0 Å². The predicted octanol–water partition coefficient (Wildman–Crippen LogP) is 16.4. The Kier molecular flexibility index (Phi) is 17.0. The SMILES string of the molecule is CCCCCCOc1ccc(N(c2ccc(OCCCCCC)cc2)c2ccc(-c3ccc(-c4ccc(-c5cc(CCCCCC)c(/C=C/C(=O)O)s5)c5nsnc45)s3)cc2)cc1. The molecule has 0 amide bonds. The summed E-state index contributed by atoms with van der Waals surface area (Å²) < 4.78 is 21.8. The number of benzene rings is 4. The molecule has 0 bridgehead atoms. The number of anilines is 3. The van der Waals surface area contributed by atoms with Crippen LogP contribution in [0.3, 0.4) is 0 Å². The van der Waals surface area contributed by atoms with Gasteiger partial charge >= 0.3 is 5.97 Å². The van der Waals surface area contributed by atoms with Crippen LogP contribution in [0.15, 0.2) is 109 Å². The number of fused-ring (bicyclic) bond motifs is 1. The summed E-state index contributed by atoms with van der Waals surface area (Å²) in [6.45, 7) is 8.13. The molecule has 3 heterocycles. The number of thiophene rings is 2. The Bertz CT molecular complexity index is 2460. The summed E-state index contributed by atoms with van der Waals surface area (Å²) in [5, 5.41) is 9.36. The molecule has 0 radical (unpaired) electrons. The molecule has 7 rings (SSSR count). The molecule has 0 saturated carbocycles. The number of aromatic nitrogens is 2. The van der Waals surface area contributed by atoms with E-state index < -0.39 is 5.97 Å². The number of aryl methyl sites for hydroxylation is 1. The van der Waals surface area contributed by atoms with Crippen LogP contribution in [0.25, 0.3) is 48.4 Å². The van der Waals surface area contributed by atoms with Crippen molar-refractivity contribution in [2.45, 2.75) is 104 Å². The molecule has 0 atom stereocenters. The van der Waals surface area contributed by atoms with Gasteiger partial charge in [-0.15, -0.1) is 22.7 Å². The summed E-state index contributed by atoms with van der Waals surface area (Å²) in [5.74, 6) is 0.838. The zero-order valence-corrected chi connectivity index (χ0v) is 39.3. The van der Waals surface area contributed by atoms with Crippen molar-refractivity contribution < 1.29 is 19.4 Å². The highest BCUT2D eigenvalue weighted by Gasteiger charge is 2.19. The van der Waals surface area contributed by atoms with E-state index in [-0.39, 0.29) is 0 Å². The Morgan fingerprint density at radius 3 is 1.63 bits per heavy atom. The third-order valence-corrected chi connectivity index (χ3v) is 14.1. The number of carboxylic acids is 1. The van der Waals surface area contributed by atoms with Gasteiger partial charge < -0.3 is 19.5 Å². The van der Waals surface area contributed by atoms with Gasteiger partial charge in [0.2, 0.25) is 0 Å². The molecule has 3 aromatic heterocycles. The van der Waals surface area contributed by atoms with E-state index in [1.54, 1.807) is 28.7 Å². The molecule has 10 heteroatoms. The van der Waals surface area contributed by atoms with Crippen LogP contribution in [0.2, 0.25) is 0 Å². The quantitative estimate of drug-likeness (QED) is 0.0452. The van der Waals surface area contributed by atoms with E-state index in [1.807, 2.05) is 0 Å². The van der Waals surface area contributed by atoms with E-state index in [9.17, 15) is 9.90 Å². The van der Waals surface area contributed by atoms with Crippen molar-refractivity contribution in [1.29, 1.82) is 0 Å². The van der Waals surface area contributed by atoms with Crippen LogP contribution in [-0.2, 0) is 11.2 Å². The average Bonchev–Trinajstić information content (AvgIpc) is 4.09. The van der Waals surface area contributed by atoms with Crippen LogP contribution >= 0.6 is 34.4 Å². The minimum atomic E-state index is -0.939. The summed E-state index contributed by atoms with van der Waals surface area (Å²) in [5.41, 5.74) is 9.35. The number of carbonyl (C=O) groups is 1. The molecule has 0 aliphatic heterocycles. The maximum Gasteiger partial charge on any atom is 0.328 e. The van der Waals surface area contributed by atoms with Crippen molar-refractivity contribution >= 4 is 74.5 Å². The van der Waals surface area contributed by atoms with Crippen LogP contribution in [-0.4, -0.2) is 33.0 Å². The molecule has 0 unspecified atom stereocenters. The normalized spacial score (nSPS) is 11.5. The molecular formula is C53H59N3O4S3. The molecular weight excluding hydrogens is 839 g/mol. The van der Waals surface area contributed by atoms with Gasteiger partial charge in [0, 0.05) is 53.8 Å². The molecule has 0 aliphatic rings. The third-order valence-electron chi connectivity index (χ3n) is 11.2. The van der Waals surface area contributed by atoms with Crippen LogP contribution in [0, 0.1) is 0 Å². The van der Waals surface area contributed by atoms with Crippen molar-refractivity contribution in [2.24, 2.45) is 0 Å². The highest BCUT2D eigenvalue weighted by Crippen LogP contribution is 2.43. The van der Waals surface area contributed by atoms with Gasteiger partial charge in [-0.05, 0) is 122 Å². The van der Waals surface area contributed by atoms with Crippen LogP contribution in [0.4, 0.5) is 17.1 Å². The number of hydrogen-bond acceptors (Lipinski definition) is 9. The second-order valence-electron chi connectivity index (χ2n) is 16.0. The number of ether oxygens (including phenoxy) is 2. The number of rotatable bonds is 25. The Hall–Kier alpha value is -5.29. The van der Waals surface area contributed by atoms with Gasteiger partial charge in [-0.1, -0.05) is 103 Å². The Morgan fingerprint density at radius 1 is 0.587 bits per heavy atom. The lowest BCUT2D eigenvalue weighted by Crippen LogP contribution is -2.10. The minimum absolute atomic E-state index is 0.733. The van der Waals surface area contributed by atoms with Crippen molar-refractivity contribution in [1.82, 2.24) is 8.75 Å². The molecule has 7 aromatic rings. The first-order valence-corrected chi connectivity index (χ1v) is 25.1. The van der Waals surface area contributed by atoms with Gasteiger partial charge in [0.25, 0.3) is 0 Å². The van der Waals surface area contributed by atoms with E-state index in [1.165, 1.54) is 79.6 Å². The standard InChI is InChI=1S/C53H59N3O4S3/c1-4-7-10-13-16-39-37-50(62-48(39)33-34-51(57)58)46-30-29-45(52-53(46)55-63-54-52)49-32-31-47(61-49)38-17-19-40(20-18-38)56(41-21-25-43(26-22-41)59-35-14-11-8-5-2)42-23-27-44(28-24-42)60-36-15-12-9-6-3/h17-34,37H,4-16,35-36H2,1-3H3,(H,57,58)/b34-33+. The third kappa shape index (κ3) is 12.3. The molecule has 7 nitrogen and oxygen atoms in total. The van der Waals surface area contributed by atoms with Gasteiger partial charge in [0.05, 0.1) is 24.9 Å². The number of nitrogens with zero attached hydrogens (tertiary/aromatic N) is 3. The first-order valence-electron chi connectivity index (χ1n) is 22.7. The fraction of sp³-hybridized carbons (Fsp3) is 0.340. The maximum atomic E-state index is 11.4. The molecule has 0 saturated heterocycles. The Morgan fingerprint density at radius 2 is 1.10 bits per heavy atom. The van der Waals surface area contributed by atoms with E-state index in [0.29, 0.717) is 0 Å². The lowest BCUT2D eigenvalue weighted by Gasteiger charge is -2.26. The number of aliphatic carboxylic acids is 1. The predicted molar refractivity (Wildman–Crippen MR) is 268 cm³/mol. The highest BCUT2D eigenvalue weighted by atomic mass is 32.1. The van der Waals surface area contributed by atoms with Gasteiger partial charge in [-0.25, -0.2) is 4.79 Å². The summed E-state index contributed by atoms with van der Waals surface area (Å²) in [6.07, 6.45) is 18.0. The fourth-order valence-corrected chi connectivity index (χ4v) is 10.5. The second-order valence-corrected chi connectivity index (χ2v) is 18.7. The molecule has 0 fully saturated rings. The number of carboxylic acid groups (broad SMARTS) is 1. The summed E-state index contributed by atoms with van der Waals surface area (Å²) in [6, 6.07) is 36.6. The van der Waals surface area contributed by atoms with E-state index in [2.05, 4.69) is 129 Å². The van der Waals surface area contributed by atoms with Gasteiger partial charge in [0.1, 0.15) is 22.5 Å². The lowest BCUT2D eigenvalue weighted by molar-refractivity contribution is -0.131. The Labute approximate surface area is 385 Å². The van der Waals surface area contributed by atoms with Crippen LogP contribution in [0.1, 0.15) is 108 Å². The molecule has 0 spiro atoms. The first-order chi connectivity index (χ1) is 30.9. The molecule has 328 valence electrons. The topological polar surface area (TPSA) is 84.8 Å². The smallest absolute Gasteiger partial charge is 0.328 e. The van der Waals surface area contributed by atoms with Crippen molar-refractivity contribution in [3.05, 3.63) is 120 Å². The number of hydrogen-bond donors (Lipinski definition) is 1. The molecule has 0 aliphatic carbocycles. The van der Waals surface area contributed by atoms with Gasteiger partial charge in [-0.2, -0.15) is 8.75 Å². The van der Waals surface area contributed by atoms with Crippen LogP contribution in [0.5, 0.6) is 11.5 Å². The zero-order chi connectivity index (χ0) is 43.8. The largest absolute Gasteiger partial charge is 0.494 e. The van der Waals surface area contributed by atoms with Crippen molar-refractivity contribution in [3.63, 3.8) is 0 Å². The van der Waals surface area contributed by atoms with Crippen molar-refractivity contribution in [2.75, 3.05) is 18.1 Å². The maximum absolute atomic E-state index is 11.4. The average molecular weight is 898 g/mol. The molecule has 4 aromatic carbocycles. The summed E-state index contributed by atoms with van der Waals surface area (Å²) in [4.78, 5) is 18.1. The van der Waals surface area contributed by atoms with E-state index in [4.69, 9.17) is 18.2 Å². The van der Waals surface area contributed by atoms with Gasteiger partial charge in [0.15, 0.2) is 0 Å². The highest BCUT2D eigenvalue weighted by molar-refractivity contribution is 7.19. The molecule has 1 N–H and O–H groups in total. The van der Waals surface area contributed by atoms with E-state index >= 15 is 0 Å². The Balaban J connectivity index is 1.12. The monoisotopic (exact) mass is 897 g/mol. The second kappa shape index (κ2) is 23.4. The minimum Gasteiger partial charge on any atom is -0.494 e. The fourth-order valence-electron chi connectivity index (χ4n) is 7.75. The van der Waals surface area contributed by atoms with Crippen LogP contribution < -0.4 is 14.4 Å². The molecule has 63 heavy (non-hydrogen) atoms. The first kappa shape index (κ1) is 45.7. The number of unbranched alkanes of at least 4 members (excludes halogenated alkanes) is 9.